The van der Waals surface area contributed by atoms with Crippen molar-refractivity contribution in [2.24, 2.45) is 4.99 Å². The number of hydrogen-bond donors (Lipinski definition) is 3. The molecule has 0 aromatic heterocycles. The fourth-order valence-electron chi connectivity index (χ4n) is 1.79. The van der Waals surface area contributed by atoms with Gasteiger partial charge in [-0.25, -0.2) is 5.06 Å². The number of carbonyl (C=O) groups excluding carboxylic acids is 1. The van der Waals surface area contributed by atoms with Gasteiger partial charge in [0, 0.05) is 24.4 Å². The molecule has 0 spiro atoms. The summed E-state index contributed by atoms with van der Waals surface area (Å²) in [5, 5.41) is 29.3. The van der Waals surface area contributed by atoms with Gasteiger partial charge < -0.3 is 10.2 Å². The second kappa shape index (κ2) is 4.75. The molecule has 6 nitrogen and oxygen atoms in total. The summed E-state index contributed by atoms with van der Waals surface area (Å²) in [6.07, 6.45) is 0. The fraction of sp³-hybridized carbons (Fsp3) is 0.333. The summed E-state index contributed by atoms with van der Waals surface area (Å²) in [6.45, 7) is 1.62. The molecule has 0 saturated carbocycles. The third-order valence-electron chi connectivity index (χ3n) is 2.80. The first-order valence-corrected chi connectivity index (χ1v) is 6.54. The predicted molar refractivity (Wildman–Crippen MR) is 71.7 cm³/mol. The van der Waals surface area contributed by atoms with E-state index in [9.17, 15) is 20.2 Å². The van der Waals surface area contributed by atoms with Crippen LogP contribution in [-0.4, -0.2) is 49.8 Å². The Hall–Kier alpha value is -1.73. The number of amides is 1. The van der Waals surface area contributed by atoms with Gasteiger partial charge in [-0.3, -0.25) is 15.0 Å². The second-order valence-corrected chi connectivity index (χ2v) is 5.47. The lowest BCUT2D eigenvalue weighted by Crippen LogP contribution is -2.43. The largest absolute Gasteiger partial charge is 0.508 e. The van der Waals surface area contributed by atoms with Crippen LogP contribution in [0, 0.1) is 0 Å². The minimum absolute atomic E-state index is 0.0428. The Balaban J connectivity index is 2.35. The molecule has 1 amide bonds. The average molecular weight is 282 g/mol. The average Bonchev–Trinajstić information content (AvgIpc) is 2.72. The van der Waals surface area contributed by atoms with Gasteiger partial charge in [-0.1, -0.05) is 0 Å². The summed E-state index contributed by atoms with van der Waals surface area (Å²) >= 11 is 1.32. The van der Waals surface area contributed by atoms with Crippen LogP contribution in [0.2, 0.25) is 0 Å². The molecule has 1 aromatic carbocycles. The number of aliphatic imine (C=N–C) groups is 1. The van der Waals surface area contributed by atoms with Crippen molar-refractivity contribution >= 4 is 22.7 Å². The molecule has 102 valence electrons. The van der Waals surface area contributed by atoms with E-state index >= 15 is 0 Å². The quantitative estimate of drug-likeness (QED) is 0.560. The van der Waals surface area contributed by atoms with E-state index in [1.54, 1.807) is 6.92 Å². The molecule has 7 heteroatoms. The van der Waals surface area contributed by atoms with E-state index in [-0.39, 0.29) is 11.5 Å². The zero-order valence-electron chi connectivity index (χ0n) is 10.5. The van der Waals surface area contributed by atoms with Crippen molar-refractivity contribution in [3.63, 3.8) is 0 Å². The third kappa shape index (κ3) is 2.52. The maximum atomic E-state index is 11.8. The monoisotopic (exact) mass is 282 g/mol. The second-order valence-electron chi connectivity index (χ2n) is 4.51. The zero-order chi connectivity index (χ0) is 14.2. The number of rotatable bonds is 2. The molecule has 1 aliphatic heterocycles. The Kier molecular flexibility index (Phi) is 3.42. The van der Waals surface area contributed by atoms with Crippen LogP contribution in [0.5, 0.6) is 11.5 Å². The van der Waals surface area contributed by atoms with Crippen LogP contribution >= 0.6 is 11.8 Å². The van der Waals surface area contributed by atoms with E-state index in [0.29, 0.717) is 21.4 Å². The third-order valence-corrected chi connectivity index (χ3v) is 4.10. The molecular formula is C12H14N2O4S. The molecule has 0 unspecified atom stereocenters. The Labute approximate surface area is 114 Å². The van der Waals surface area contributed by atoms with Gasteiger partial charge in [0.25, 0.3) is 5.91 Å². The van der Waals surface area contributed by atoms with E-state index in [0.717, 1.165) is 0 Å². The van der Waals surface area contributed by atoms with Gasteiger partial charge in [-0.05, 0) is 19.1 Å². The Morgan fingerprint density at radius 3 is 2.74 bits per heavy atom. The molecule has 0 bridgehead atoms. The summed E-state index contributed by atoms with van der Waals surface area (Å²) < 4.78 is 0. The van der Waals surface area contributed by atoms with Crippen molar-refractivity contribution in [2.45, 2.75) is 12.5 Å². The zero-order valence-corrected chi connectivity index (χ0v) is 11.3. The summed E-state index contributed by atoms with van der Waals surface area (Å²) in [4.78, 5) is 16.1. The number of thioether (sulfide) groups is 1. The van der Waals surface area contributed by atoms with Gasteiger partial charge >= 0.3 is 0 Å². The minimum atomic E-state index is -1.05. The van der Waals surface area contributed by atoms with Crippen LogP contribution < -0.4 is 0 Å². The molecule has 3 N–H and O–H groups in total. The van der Waals surface area contributed by atoms with Crippen LogP contribution in [0.15, 0.2) is 23.2 Å². The summed E-state index contributed by atoms with van der Waals surface area (Å²) in [6, 6.07) is 4.19. The molecule has 0 fully saturated rings. The number of nitrogens with zero attached hydrogens (tertiary/aromatic N) is 2. The lowest BCUT2D eigenvalue weighted by molar-refractivity contribution is -0.163. The van der Waals surface area contributed by atoms with Crippen molar-refractivity contribution in [1.82, 2.24) is 5.06 Å². The molecule has 0 radical (unpaired) electrons. The molecule has 1 aromatic rings. The molecule has 1 heterocycles. The number of carbonyl (C=O) groups is 1. The van der Waals surface area contributed by atoms with E-state index < -0.39 is 11.4 Å². The summed E-state index contributed by atoms with van der Waals surface area (Å²) in [5.41, 5.74) is -0.590. The van der Waals surface area contributed by atoms with Crippen LogP contribution in [-0.2, 0) is 4.79 Å². The topological polar surface area (TPSA) is 93.4 Å². The molecular weight excluding hydrogens is 268 g/mol. The summed E-state index contributed by atoms with van der Waals surface area (Å²) in [7, 11) is 1.25. The van der Waals surface area contributed by atoms with Crippen LogP contribution in [0.1, 0.15) is 12.5 Å². The summed E-state index contributed by atoms with van der Waals surface area (Å²) in [5.74, 6) is -0.265. The number of likely N-dealkylation sites (N-methyl/N-ethyl adjacent to an activating group) is 1. The number of phenols is 2. The van der Waals surface area contributed by atoms with Gasteiger partial charge in [0.15, 0.2) is 0 Å². The van der Waals surface area contributed by atoms with Crippen LogP contribution in [0.4, 0.5) is 0 Å². The molecule has 2 rings (SSSR count). The van der Waals surface area contributed by atoms with Crippen molar-refractivity contribution in [1.29, 1.82) is 0 Å². The van der Waals surface area contributed by atoms with Crippen molar-refractivity contribution < 1.29 is 20.2 Å². The number of hydrogen-bond acceptors (Lipinski definition) is 6. The highest BCUT2D eigenvalue weighted by atomic mass is 32.2. The highest BCUT2D eigenvalue weighted by Gasteiger charge is 2.40. The highest BCUT2D eigenvalue weighted by molar-refractivity contribution is 8.14. The van der Waals surface area contributed by atoms with E-state index in [2.05, 4.69) is 4.99 Å². The Bertz CT molecular complexity index is 559. The highest BCUT2D eigenvalue weighted by Crippen LogP contribution is 2.35. The standard InChI is InChI=1S/C12H14N2O4S/c1-12(11(17)14(2)18)6-19-10(13-12)8-4-3-7(15)5-9(8)16/h3-5,15-16,18H,6H2,1-2H3/t12-/m1/s1. The maximum absolute atomic E-state index is 11.8. The van der Waals surface area contributed by atoms with E-state index in [1.165, 1.54) is 37.0 Å². The Morgan fingerprint density at radius 2 is 2.16 bits per heavy atom. The van der Waals surface area contributed by atoms with Gasteiger partial charge in [0.2, 0.25) is 0 Å². The SMILES string of the molecule is CN(O)C(=O)[C@@]1(C)CSC(c2ccc(O)cc2O)=N1. The Morgan fingerprint density at radius 1 is 1.47 bits per heavy atom. The molecule has 1 atom stereocenters. The predicted octanol–water partition coefficient (Wildman–Crippen LogP) is 1.20. The first-order chi connectivity index (χ1) is 8.83. The first-order valence-electron chi connectivity index (χ1n) is 5.55. The smallest absolute Gasteiger partial charge is 0.274 e. The van der Waals surface area contributed by atoms with Crippen molar-refractivity contribution in [3.05, 3.63) is 23.8 Å². The van der Waals surface area contributed by atoms with Gasteiger partial charge in [0.1, 0.15) is 22.1 Å². The van der Waals surface area contributed by atoms with Gasteiger partial charge in [-0.15, -0.1) is 11.8 Å². The molecule has 0 saturated heterocycles. The lowest BCUT2D eigenvalue weighted by Gasteiger charge is -2.21. The molecule has 0 aliphatic carbocycles. The van der Waals surface area contributed by atoms with E-state index in [1.807, 2.05) is 0 Å². The fourth-order valence-corrected chi connectivity index (χ4v) is 2.99. The number of phenolic OH excluding ortho intramolecular Hbond substituents is 2. The number of hydroxylamine groups is 2. The van der Waals surface area contributed by atoms with E-state index in [4.69, 9.17) is 0 Å². The number of aromatic hydroxyl groups is 2. The van der Waals surface area contributed by atoms with Crippen LogP contribution in [0.3, 0.4) is 0 Å². The maximum Gasteiger partial charge on any atom is 0.274 e. The first kappa shape index (κ1) is 13.7. The number of benzene rings is 1. The van der Waals surface area contributed by atoms with Gasteiger partial charge in [0.05, 0.1) is 0 Å². The lowest BCUT2D eigenvalue weighted by atomic mass is 10.1. The molecule has 1 aliphatic rings. The minimum Gasteiger partial charge on any atom is -0.508 e. The van der Waals surface area contributed by atoms with Crippen LogP contribution in [0.25, 0.3) is 0 Å². The van der Waals surface area contributed by atoms with Crippen molar-refractivity contribution in [2.75, 3.05) is 12.8 Å². The normalized spacial score (nSPS) is 22.2. The molecule has 19 heavy (non-hydrogen) atoms. The van der Waals surface area contributed by atoms with Crippen molar-refractivity contribution in [3.8, 4) is 11.5 Å². The van der Waals surface area contributed by atoms with Gasteiger partial charge in [-0.2, -0.15) is 0 Å².